The number of nitrogens with zero attached hydrogens (tertiary/aromatic N) is 3. The number of thiocarbonyl (C=S) groups is 1. The van der Waals surface area contributed by atoms with E-state index >= 15 is 0 Å². The highest BCUT2D eigenvalue weighted by Crippen LogP contribution is 2.47. The number of nitrogens with one attached hydrogen (secondary N) is 2. The molecule has 4 N–H and O–H groups in total. The minimum absolute atomic E-state index is 0.0631. The molecule has 2 aliphatic heterocycles. The van der Waals surface area contributed by atoms with Gasteiger partial charge < -0.3 is 11.1 Å². The van der Waals surface area contributed by atoms with Gasteiger partial charge in [0, 0.05) is 28.8 Å². The Morgan fingerprint density at radius 1 is 0.889 bits per heavy atom. The molecule has 9 heteroatoms. The predicted octanol–water partition coefficient (Wildman–Crippen LogP) is 3.60. The third-order valence-corrected chi connectivity index (χ3v) is 6.77. The quantitative estimate of drug-likeness (QED) is 0.376. The van der Waals surface area contributed by atoms with Crippen LogP contribution < -0.4 is 16.6 Å². The lowest BCUT2D eigenvalue weighted by molar-refractivity contribution is -0.124. The van der Waals surface area contributed by atoms with Crippen LogP contribution in [0.15, 0.2) is 94.8 Å². The van der Waals surface area contributed by atoms with Crippen LogP contribution in [0, 0.1) is 0 Å². The lowest BCUT2D eigenvalue weighted by Gasteiger charge is -2.30. The van der Waals surface area contributed by atoms with Crippen LogP contribution >= 0.6 is 12.2 Å². The number of para-hydroxylation sites is 1. The first-order valence-electron chi connectivity index (χ1n) is 11.3. The zero-order valence-electron chi connectivity index (χ0n) is 18.9. The molecule has 3 aromatic carbocycles. The summed E-state index contributed by atoms with van der Waals surface area (Å²) in [5, 5.41) is 16.0. The Morgan fingerprint density at radius 2 is 1.53 bits per heavy atom. The minimum Gasteiger partial charge on any atom is -0.375 e. The molecule has 1 unspecified atom stereocenters. The SMILES string of the molecule is NC(=S)N1N=C(c2c(-c3ccccc3)c(-c3ccccc3)n[nH]c2=O)CC12C(=O)Nc1ccccc12. The third-order valence-electron chi connectivity index (χ3n) is 6.59. The van der Waals surface area contributed by atoms with Gasteiger partial charge in [-0.3, -0.25) is 9.59 Å². The van der Waals surface area contributed by atoms with E-state index in [0.717, 1.165) is 11.1 Å². The number of carbonyl (C=O) groups excluding carboxylic acids is 1. The number of nitrogens with two attached hydrogens (primary N) is 1. The maximum atomic E-state index is 13.4. The number of amides is 1. The molecule has 1 spiro atoms. The molecule has 2 aliphatic rings. The van der Waals surface area contributed by atoms with Gasteiger partial charge in [-0.05, 0) is 23.8 Å². The number of fused-ring (bicyclic) bond motifs is 2. The van der Waals surface area contributed by atoms with Crippen molar-refractivity contribution in [3.8, 4) is 22.4 Å². The third kappa shape index (κ3) is 3.17. The van der Waals surface area contributed by atoms with Crippen molar-refractivity contribution in [3.63, 3.8) is 0 Å². The molecular formula is C27H20N6O2S. The summed E-state index contributed by atoms with van der Waals surface area (Å²) in [6.07, 6.45) is 0.105. The lowest BCUT2D eigenvalue weighted by Crippen LogP contribution is -2.50. The van der Waals surface area contributed by atoms with Crippen molar-refractivity contribution in [3.05, 3.63) is 106 Å². The van der Waals surface area contributed by atoms with Gasteiger partial charge in [0.15, 0.2) is 10.7 Å². The Bertz CT molecular complexity index is 1620. The predicted molar refractivity (Wildman–Crippen MR) is 142 cm³/mol. The second kappa shape index (κ2) is 8.24. The van der Waals surface area contributed by atoms with Crippen molar-refractivity contribution in [1.82, 2.24) is 15.2 Å². The van der Waals surface area contributed by atoms with Crippen LogP contribution in [-0.2, 0) is 10.3 Å². The van der Waals surface area contributed by atoms with Gasteiger partial charge in [0.1, 0.15) is 0 Å². The molecule has 0 fully saturated rings. The summed E-state index contributed by atoms with van der Waals surface area (Å²) in [4.78, 5) is 26.8. The molecule has 0 aliphatic carbocycles. The Morgan fingerprint density at radius 3 is 2.22 bits per heavy atom. The van der Waals surface area contributed by atoms with Crippen LogP contribution in [0.5, 0.6) is 0 Å². The summed E-state index contributed by atoms with van der Waals surface area (Å²) < 4.78 is 0. The zero-order valence-corrected chi connectivity index (χ0v) is 19.8. The van der Waals surface area contributed by atoms with Gasteiger partial charge in [0.25, 0.3) is 11.5 Å². The number of hydrazone groups is 1. The smallest absolute Gasteiger partial charge is 0.274 e. The molecule has 1 aromatic heterocycles. The van der Waals surface area contributed by atoms with Gasteiger partial charge in [0.2, 0.25) is 0 Å². The van der Waals surface area contributed by atoms with Gasteiger partial charge >= 0.3 is 0 Å². The fourth-order valence-corrected chi connectivity index (χ4v) is 5.23. The van der Waals surface area contributed by atoms with Crippen molar-refractivity contribution < 1.29 is 4.79 Å². The molecule has 1 atom stereocenters. The Labute approximate surface area is 211 Å². The maximum absolute atomic E-state index is 13.4. The number of aromatic amines is 1. The van der Waals surface area contributed by atoms with Crippen LogP contribution in [0.2, 0.25) is 0 Å². The van der Waals surface area contributed by atoms with E-state index < -0.39 is 11.1 Å². The van der Waals surface area contributed by atoms with Crippen molar-refractivity contribution in [2.24, 2.45) is 10.8 Å². The fourth-order valence-electron chi connectivity index (χ4n) is 5.04. The van der Waals surface area contributed by atoms with E-state index in [2.05, 4.69) is 15.5 Å². The Balaban J connectivity index is 1.61. The van der Waals surface area contributed by atoms with Gasteiger partial charge in [-0.2, -0.15) is 10.2 Å². The number of anilines is 1. The van der Waals surface area contributed by atoms with E-state index in [9.17, 15) is 9.59 Å². The summed E-state index contributed by atoms with van der Waals surface area (Å²) in [5.74, 6) is -0.301. The average Bonchev–Trinajstić information content (AvgIpc) is 3.44. The molecule has 0 saturated heterocycles. The molecule has 176 valence electrons. The van der Waals surface area contributed by atoms with E-state index in [4.69, 9.17) is 23.1 Å². The topological polar surface area (TPSA) is 116 Å². The zero-order chi connectivity index (χ0) is 24.9. The number of hydrogen-bond acceptors (Lipinski definition) is 5. The van der Waals surface area contributed by atoms with Crippen LogP contribution in [0.3, 0.4) is 0 Å². The largest absolute Gasteiger partial charge is 0.375 e. The monoisotopic (exact) mass is 492 g/mol. The average molecular weight is 493 g/mol. The number of aromatic nitrogens is 2. The minimum atomic E-state index is -1.28. The van der Waals surface area contributed by atoms with Gasteiger partial charge in [-0.15, -0.1) is 0 Å². The molecule has 0 saturated carbocycles. The van der Waals surface area contributed by atoms with Crippen molar-refractivity contribution in [2.75, 3.05) is 5.32 Å². The summed E-state index contributed by atoms with van der Waals surface area (Å²) in [6.45, 7) is 0. The second-order valence-electron chi connectivity index (χ2n) is 8.62. The highest BCUT2D eigenvalue weighted by molar-refractivity contribution is 7.80. The normalized spacial score (nSPS) is 18.2. The van der Waals surface area contributed by atoms with Crippen molar-refractivity contribution >= 4 is 34.6 Å². The van der Waals surface area contributed by atoms with Crippen LogP contribution in [-0.4, -0.2) is 31.9 Å². The molecule has 0 bridgehead atoms. The molecular weight excluding hydrogens is 472 g/mol. The number of carbonyl (C=O) groups is 1. The summed E-state index contributed by atoms with van der Waals surface area (Å²) in [5.41, 5.74) is 9.33. The van der Waals surface area contributed by atoms with Crippen molar-refractivity contribution in [2.45, 2.75) is 12.0 Å². The molecule has 0 radical (unpaired) electrons. The van der Waals surface area contributed by atoms with Crippen molar-refractivity contribution in [1.29, 1.82) is 0 Å². The first-order valence-corrected chi connectivity index (χ1v) is 11.7. The number of hydrogen-bond donors (Lipinski definition) is 3. The standard InChI is InChI=1S/C27H20N6O2S/c28-26(36)33-27(18-13-7-8-14-19(18)29-25(27)35)15-20(32-33)22-21(16-9-3-1-4-10-16)23(30-31-24(22)34)17-11-5-2-6-12-17/h1-14H,15H2,(H2,28,36)(H,29,35)(H,31,34). The Kier molecular flexibility index (Phi) is 5.01. The van der Waals surface area contributed by atoms with E-state index in [0.29, 0.717) is 33.8 Å². The lowest BCUT2D eigenvalue weighted by atomic mass is 9.83. The molecule has 1 amide bonds. The molecule has 36 heavy (non-hydrogen) atoms. The van der Waals surface area contributed by atoms with Crippen LogP contribution in [0.4, 0.5) is 5.69 Å². The maximum Gasteiger partial charge on any atom is 0.274 e. The van der Waals surface area contributed by atoms with E-state index in [1.54, 1.807) is 0 Å². The number of H-pyrrole nitrogens is 1. The highest BCUT2D eigenvalue weighted by Gasteiger charge is 2.57. The van der Waals surface area contributed by atoms with E-state index in [-0.39, 0.29) is 17.4 Å². The molecule has 4 aromatic rings. The summed E-state index contributed by atoms with van der Waals surface area (Å²) in [6, 6.07) is 26.5. The van der Waals surface area contributed by atoms with E-state index in [1.807, 2.05) is 84.9 Å². The van der Waals surface area contributed by atoms with Crippen LogP contribution in [0.1, 0.15) is 17.5 Å². The molecule has 3 heterocycles. The summed E-state index contributed by atoms with van der Waals surface area (Å²) in [7, 11) is 0. The molecule has 8 nitrogen and oxygen atoms in total. The van der Waals surface area contributed by atoms with Gasteiger partial charge in [-0.25, -0.2) is 10.1 Å². The van der Waals surface area contributed by atoms with Crippen LogP contribution in [0.25, 0.3) is 22.4 Å². The van der Waals surface area contributed by atoms with Gasteiger partial charge in [-0.1, -0.05) is 78.9 Å². The van der Waals surface area contributed by atoms with Gasteiger partial charge in [0.05, 0.1) is 17.0 Å². The molecule has 6 rings (SSSR count). The first-order chi connectivity index (χ1) is 17.5. The number of benzene rings is 3. The summed E-state index contributed by atoms with van der Waals surface area (Å²) >= 11 is 5.33. The fraction of sp³-hybridized carbons (Fsp3) is 0.0741. The first kappa shape index (κ1) is 21.9. The second-order valence-corrected chi connectivity index (χ2v) is 9.04. The van der Waals surface area contributed by atoms with E-state index in [1.165, 1.54) is 5.01 Å². The Hall–Kier alpha value is -4.63. The number of rotatable bonds is 3. The highest BCUT2D eigenvalue weighted by atomic mass is 32.1.